The first-order valence-corrected chi connectivity index (χ1v) is 4.31. The molecule has 0 aromatic rings. The molecule has 80 valence electrons. The fourth-order valence-corrected chi connectivity index (χ4v) is 0.513. The predicted molar refractivity (Wildman–Crippen MR) is 62.8 cm³/mol. The first-order valence-electron chi connectivity index (χ1n) is 4.31. The largest absolute Gasteiger partial charge is 0.285 e. The first kappa shape index (κ1) is 16.1. The molecule has 2 radical (unpaired) electrons. The second-order valence-corrected chi connectivity index (χ2v) is 3.25. The Morgan fingerprint density at radius 3 is 1.43 bits per heavy atom. The van der Waals surface area contributed by atoms with Crippen molar-refractivity contribution >= 4 is 15.2 Å². The van der Waals surface area contributed by atoms with Crippen LogP contribution in [0.2, 0.25) is 0 Å². The molecule has 0 unspecified atom stereocenters. The Labute approximate surface area is 90.0 Å². The van der Waals surface area contributed by atoms with Crippen molar-refractivity contribution in [3.63, 3.8) is 0 Å². The zero-order valence-electron chi connectivity index (χ0n) is 10.4. The molecule has 0 aromatic heterocycles. The average Bonchev–Trinajstić information content (AvgIpc) is 2.03. The molecular formula is C7H21B2N5. The summed E-state index contributed by atoms with van der Waals surface area (Å²) in [6.07, 6.45) is 0. The Balaban J connectivity index is 0. The summed E-state index contributed by atoms with van der Waals surface area (Å²) in [6, 6.07) is 0. The number of nitrogens with zero attached hydrogens (tertiary/aromatic N) is 5. The summed E-state index contributed by atoms with van der Waals surface area (Å²) in [6.45, 7) is 0. The fourth-order valence-electron chi connectivity index (χ4n) is 0.513. The molecule has 0 atom stereocenters. The summed E-state index contributed by atoms with van der Waals surface area (Å²) >= 11 is 0. The Kier molecular flexibility index (Phi) is 10.5. The van der Waals surface area contributed by atoms with Crippen molar-refractivity contribution in [3.05, 3.63) is 0 Å². The maximum atomic E-state index is 5.35. The molecule has 5 nitrogen and oxygen atoms in total. The molecule has 0 aliphatic rings. The van der Waals surface area contributed by atoms with E-state index in [0.717, 1.165) is 0 Å². The minimum Gasteiger partial charge on any atom is -0.285 e. The van der Waals surface area contributed by atoms with Gasteiger partial charge in [-0.1, -0.05) is 0 Å². The molecule has 0 rings (SSSR count). The van der Waals surface area contributed by atoms with Gasteiger partial charge in [-0.15, -0.1) is 0 Å². The maximum Gasteiger partial charge on any atom is 0.208 e. The number of hydrazine groups is 2. The van der Waals surface area contributed by atoms with E-state index in [1.165, 1.54) is 4.92 Å². The normalized spacial score (nSPS) is 10.4. The van der Waals surface area contributed by atoms with Gasteiger partial charge in [0.05, 0.1) is 0 Å². The molecule has 0 aliphatic carbocycles. The van der Waals surface area contributed by atoms with Crippen LogP contribution in [0.15, 0.2) is 4.90 Å². The summed E-state index contributed by atoms with van der Waals surface area (Å²) in [4.78, 5) is 7.12. The van der Waals surface area contributed by atoms with Gasteiger partial charge in [0.2, 0.25) is 7.98 Å². The third kappa shape index (κ3) is 11.6. The van der Waals surface area contributed by atoms with Gasteiger partial charge in [-0.2, -0.15) is 5.12 Å². The van der Waals surface area contributed by atoms with Crippen LogP contribution in [0.3, 0.4) is 0 Å². The van der Waals surface area contributed by atoms with E-state index in [4.69, 9.17) is 7.98 Å². The van der Waals surface area contributed by atoms with E-state index < -0.39 is 0 Å². The van der Waals surface area contributed by atoms with Crippen LogP contribution in [-0.2, 0) is 0 Å². The molecule has 0 aromatic carbocycles. The van der Waals surface area contributed by atoms with Crippen LogP contribution in [0.5, 0.6) is 0 Å². The van der Waals surface area contributed by atoms with E-state index in [2.05, 4.69) is 4.90 Å². The van der Waals surface area contributed by atoms with E-state index in [1.807, 2.05) is 45.1 Å². The van der Waals surface area contributed by atoms with E-state index in [-0.39, 0.29) is 0 Å². The predicted octanol–water partition coefficient (Wildman–Crippen LogP) is -0.694. The molecule has 7 heteroatoms. The smallest absolute Gasteiger partial charge is 0.208 e. The average molecular weight is 197 g/mol. The van der Waals surface area contributed by atoms with Gasteiger partial charge in [0.15, 0.2) is 0 Å². The number of hydrogen-bond donors (Lipinski definition) is 0. The summed E-state index contributed by atoms with van der Waals surface area (Å²) in [5, 5.41) is 3.65. The Morgan fingerprint density at radius 2 is 1.43 bits per heavy atom. The van der Waals surface area contributed by atoms with Crippen molar-refractivity contribution < 1.29 is 0 Å². The number of hydrogen-bond acceptors (Lipinski definition) is 4. The zero-order valence-corrected chi connectivity index (χ0v) is 10.4. The van der Waals surface area contributed by atoms with Crippen molar-refractivity contribution in [2.24, 2.45) is 4.90 Å². The van der Waals surface area contributed by atoms with Crippen molar-refractivity contribution in [2.45, 2.75) is 0 Å². The van der Waals surface area contributed by atoms with Gasteiger partial charge in [-0.05, 0) is 7.05 Å². The summed E-state index contributed by atoms with van der Waals surface area (Å²) < 4.78 is 0. The SMILES string of the molecule is CN=BN(C)C.[B]N(C)N(C)N(C)C. The van der Waals surface area contributed by atoms with Gasteiger partial charge < -0.3 is 0 Å². The maximum absolute atomic E-state index is 5.35. The molecule has 0 aliphatic heterocycles. The third-order valence-electron chi connectivity index (χ3n) is 1.38. The van der Waals surface area contributed by atoms with Crippen LogP contribution < -0.4 is 0 Å². The van der Waals surface area contributed by atoms with E-state index in [1.54, 1.807) is 26.4 Å². The summed E-state index contributed by atoms with van der Waals surface area (Å²) in [5.74, 6) is 0. The van der Waals surface area contributed by atoms with Crippen molar-refractivity contribution in [1.29, 1.82) is 0 Å². The minimum atomic E-state index is 1.50. The van der Waals surface area contributed by atoms with E-state index in [0.29, 0.717) is 0 Å². The van der Waals surface area contributed by atoms with Crippen LogP contribution in [0, 0.1) is 0 Å². The second-order valence-electron chi connectivity index (χ2n) is 3.25. The standard InChI is InChI=1S/C4H12BN3.C3H9BN2/c1-6(2)8(4)7(3)5;1-5-4-6(2)3/h1-4H3;1-3H3. The topological polar surface area (TPSA) is 25.3 Å². The Hall–Kier alpha value is -0.390. The van der Waals surface area contributed by atoms with Gasteiger partial charge in [0.25, 0.3) is 0 Å². The minimum absolute atomic E-state index is 1.50. The van der Waals surface area contributed by atoms with Crippen molar-refractivity contribution in [2.75, 3.05) is 49.3 Å². The molecule has 0 spiro atoms. The van der Waals surface area contributed by atoms with Crippen LogP contribution in [0.1, 0.15) is 0 Å². The van der Waals surface area contributed by atoms with Gasteiger partial charge in [0.1, 0.15) is 0 Å². The monoisotopic (exact) mass is 197 g/mol. The van der Waals surface area contributed by atoms with E-state index >= 15 is 0 Å². The molecule has 0 saturated carbocycles. The molecule has 0 heterocycles. The van der Waals surface area contributed by atoms with Gasteiger partial charge in [-0.3, -0.25) is 4.92 Å². The Morgan fingerprint density at radius 1 is 1.00 bits per heavy atom. The van der Waals surface area contributed by atoms with Crippen LogP contribution in [0.4, 0.5) is 0 Å². The van der Waals surface area contributed by atoms with E-state index in [9.17, 15) is 0 Å². The van der Waals surface area contributed by atoms with Gasteiger partial charge >= 0.3 is 38.1 Å². The molecule has 0 fully saturated rings. The quantitative estimate of drug-likeness (QED) is 0.441. The van der Waals surface area contributed by atoms with Crippen LogP contribution >= 0.6 is 0 Å². The molecule has 0 bridgehead atoms. The molecular weight excluding hydrogens is 176 g/mol. The fraction of sp³-hybridized carbons (Fsp3) is 1.00. The molecule has 0 N–H and O–H groups in total. The van der Waals surface area contributed by atoms with Crippen LogP contribution in [-0.4, -0.2) is 84.4 Å². The van der Waals surface area contributed by atoms with Gasteiger partial charge in [0, 0.05) is 21.1 Å². The third-order valence-corrected chi connectivity index (χ3v) is 1.38. The summed E-state index contributed by atoms with van der Waals surface area (Å²) in [5.41, 5.74) is 0. The Bertz CT molecular complexity index is 141. The van der Waals surface area contributed by atoms with Crippen LogP contribution in [0.25, 0.3) is 0 Å². The molecule has 0 saturated heterocycles. The molecule has 14 heavy (non-hydrogen) atoms. The zero-order chi connectivity index (χ0) is 11.7. The molecule has 0 amide bonds. The first-order chi connectivity index (χ1) is 6.32. The van der Waals surface area contributed by atoms with Gasteiger partial charge in [-0.25, -0.2) is 5.01 Å². The summed E-state index contributed by atoms with van der Waals surface area (Å²) in [7, 11) is 20.2. The van der Waals surface area contributed by atoms with Crippen molar-refractivity contribution in [3.8, 4) is 0 Å². The van der Waals surface area contributed by atoms with Crippen molar-refractivity contribution in [1.82, 2.24) is 19.9 Å². The number of rotatable bonds is 3. The second kappa shape index (κ2) is 9.18.